The largest absolute Gasteiger partial charge is 0.476 e. The van der Waals surface area contributed by atoms with Crippen molar-refractivity contribution in [3.8, 4) is 0 Å². The van der Waals surface area contributed by atoms with Crippen molar-refractivity contribution in [3.05, 3.63) is 34.0 Å². The van der Waals surface area contributed by atoms with Gasteiger partial charge in [0.25, 0.3) is 5.91 Å². The van der Waals surface area contributed by atoms with Gasteiger partial charge in [-0.1, -0.05) is 0 Å². The number of aromatic carboxylic acids is 1. The van der Waals surface area contributed by atoms with E-state index in [1.54, 1.807) is 21.0 Å². The van der Waals surface area contributed by atoms with E-state index < -0.39 is 17.8 Å². The van der Waals surface area contributed by atoms with Gasteiger partial charge in [-0.2, -0.15) is 5.10 Å². The van der Waals surface area contributed by atoms with E-state index in [1.165, 1.54) is 24.3 Å². The molecule has 0 atom stereocenters. The highest BCUT2D eigenvalue weighted by atomic mass is 32.1. The topological polar surface area (TPSA) is 131 Å². The summed E-state index contributed by atoms with van der Waals surface area (Å²) in [6, 6.07) is 1.26. The summed E-state index contributed by atoms with van der Waals surface area (Å²) in [4.78, 5) is 49.2. The fourth-order valence-corrected chi connectivity index (χ4v) is 3.47. The Morgan fingerprint density at radius 2 is 2.00 bits per heavy atom. The Morgan fingerprint density at radius 3 is 2.52 bits per heavy atom. The van der Waals surface area contributed by atoms with Crippen LogP contribution in [0.2, 0.25) is 0 Å². The van der Waals surface area contributed by atoms with Crippen LogP contribution in [0.1, 0.15) is 36.1 Å². The number of esters is 1. The molecule has 2 rings (SSSR count). The summed E-state index contributed by atoms with van der Waals surface area (Å²) in [5.74, 6) is -2.72. The molecule has 2 aromatic heterocycles. The Morgan fingerprint density at radius 1 is 1.33 bits per heavy atom. The molecule has 0 bridgehead atoms. The second-order valence-electron chi connectivity index (χ2n) is 5.70. The van der Waals surface area contributed by atoms with Crippen LogP contribution in [0.25, 0.3) is 0 Å². The summed E-state index contributed by atoms with van der Waals surface area (Å²) in [6.07, 6.45) is 1.35. The second kappa shape index (κ2) is 7.99. The van der Waals surface area contributed by atoms with Crippen molar-refractivity contribution in [3.63, 3.8) is 0 Å². The average Bonchev–Trinajstić information content (AvgIpc) is 3.18. The standard InChI is InChI=1S/C16H18N4O6S/c1-8-11(16(25)26-4)13(27-12(8)14(22)19(2)3)17-10(21)7-20-6-5-9(18-20)15(23)24/h5-6H,7H2,1-4H3,(H,17,21)(H,23,24). The van der Waals surface area contributed by atoms with Crippen LogP contribution in [0.4, 0.5) is 5.00 Å². The first kappa shape index (κ1) is 20.1. The summed E-state index contributed by atoms with van der Waals surface area (Å²) in [6.45, 7) is 1.34. The number of methoxy groups -OCH3 is 1. The lowest BCUT2D eigenvalue weighted by Crippen LogP contribution is -2.21. The van der Waals surface area contributed by atoms with Crippen molar-refractivity contribution in [2.45, 2.75) is 13.5 Å². The number of nitrogens with one attached hydrogen (secondary N) is 1. The lowest BCUT2D eigenvalue weighted by molar-refractivity contribution is -0.116. The molecule has 0 saturated heterocycles. The minimum atomic E-state index is -1.21. The van der Waals surface area contributed by atoms with Crippen LogP contribution in [0.5, 0.6) is 0 Å². The number of rotatable bonds is 6. The summed E-state index contributed by atoms with van der Waals surface area (Å²) < 4.78 is 5.91. The molecule has 144 valence electrons. The van der Waals surface area contributed by atoms with E-state index in [-0.39, 0.29) is 28.7 Å². The number of amides is 2. The molecule has 0 aliphatic heterocycles. The van der Waals surface area contributed by atoms with E-state index in [1.807, 2.05) is 0 Å². The molecule has 0 saturated carbocycles. The molecule has 10 nitrogen and oxygen atoms in total. The molecule has 0 aliphatic rings. The van der Waals surface area contributed by atoms with Crippen LogP contribution in [-0.4, -0.2) is 64.7 Å². The highest BCUT2D eigenvalue weighted by Crippen LogP contribution is 2.34. The Balaban J connectivity index is 2.29. The van der Waals surface area contributed by atoms with E-state index >= 15 is 0 Å². The van der Waals surface area contributed by atoms with Gasteiger partial charge in [0.15, 0.2) is 5.69 Å². The maximum atomic E-state index is 12.3. The second-order valence-corrected chi connectivity index (χ2v) is 6.72. The van der Waals surface area contributed by atoms with Crippen LogP contribution < -0.4 is 5.32 Å². The van der Waals surface area contributed by atoms with Gasteiger partial charge in [-0.3, -0.25) is 14.3 Å². The highest BCUT2D eigenvalue weighted by molar-refractivity contribution is 7.18. The first-order valence-corrected chi connectivity index (χ1v) is 8.47. The van der Waals surface area contributed by atoms with Gasteiger partial charge in [-0.25, -0.2) is 9.59 Å². The van der Waals surface area contributed by atoms with Crippen LogP contribution >= 0.6 is 11.3 Å². The molecule has 0 radical (unpaired) electrons. The molecule has 0 unspecified atom stereocenters. The van der Waals surface area contributed by atoms with E-state index in [9.17, 15) is 19.2 Å². The summed E-state index contributed by atoms with van der Waals surface area (Å²) in [7, 11) is 4.36. The molecule has 0 spiro atoms. The number of hydrogen-bond donors (Lipinski definition) is 2. The van der Waals surface area contributed by atoms with E-state index in [2.05, 4.69) is 10.4 Å². The first-order valence-electron chi connectivity index (χ1n) is 7.65. The molecule has 2 N–H and O–H groups in total. The summed E-state index contributed by atoms with van der Waals surface area (Å²) in [5.41, 5.74) is 0.324. The fourth-order valence-electron chi connectivity index (χ4n) is 2.23. The maximum absolute atomic E-state index is 12.3. The molecule has 2 heterocycles. The van der Waals surface area contributed by atoms with Crippen LogP contribution in [0.15, 0.2) is 12.3 Å². The fraction of sp³-hybridized carbons (Fsp3) is 0.312. The zero-order chi connectivity index (χ0) is 20.3. The summed E-state index contributed by atoms with van der Waals surface area (Å²) in [5, 5.41) is 15.4. The highest BCUT2D eigenvalue weighted by Gasteiger charge is 2.27. The lowest BCUT2D eigenvalue weighted by Gasteiger charge is -2.08. The molecule has 2 amide bonds. The van der Waals surface area contributed by atoms with Gasteiger partial charge in [0.05, 0.1) is 17.6 Å². The molecular formula is C16H18N4O6S. The Labute approximate surface area is 158 Å². The van der Waals surface area contributed by atoms with Crippen molar-refractivity contribution in [2.24, 2.45) is 0 Å². The van der Waals surface area contributed by atoms with Gasteiger partial charge >= 0.3 is 11.9 Å². The molecule has 0 aliphatic carbocycles. The number of carboxylic acid groups (broad SMARTS) is 1. The van der Waals surface area contributed by atoms with E-state index in [0.29, 0.717) is 10.4 Å². The number of thiophene rings is 1. The Bertz CT molecular complexity index is 914. The number of nitrogens with zero attached hydrogens (tertiary/aromatic N) is 3. The van der Waals surface area contributed by atoms with Crippen molar-refractivity contribution >= 4 is 40.1 Å². The van der Waals surface area contributed by atoms with Crippen LogP contribution in [-0.2, 0) is 16.1 Å². The number of hydrogen-bond acceptors (Lipinski definition) is 7. The van der Waals surface area contributed by atoms with Gasteiger partial charge in [-0.15, -0.1) is 11.3 Å². The normalized spacial score (nSPS) is 10.4. The number of aromatic nitrogens is 2. The van der Waals surface area contributed by atoms with Crippen LogP contribution in [0, 0.1) is 6.92 Å². The molecule has 27 heavy (non-hydrogen) atoms. The third kappa shape index (κ3) is 4.31. The minimum absolute atomic E-state index is 0.104. The first-order chi connectivity index (χ1) is 12.6. The molecule has 0 aromatic carbocycles. The SMILES string of the molecule is COC(=O)c1c(NC(=O)Cn2ccc(C(=O)O)n2)sc(C(=O)N(C)C)c1C. The third-order valence-corrected chi connectivity index (χ3v) is 4.75. The monoisotopic (exact) mass is 394 g/mol. The molecular weight excluding hydrogens is 376 g/mol. The Hall–Kier alpha value is -3.21. The van der Waals surface area contributed by atoms with Crippen molar-refractivity contribution in [2.75, 3.05) is 26.5 Å². The molecule has 0 fully saturated rings. The zero-order valence-corrected chi connectivity index (χ0v) is 15.9. The summed E-state index contributed by atoms with van der Waals surface area (Å²) >= 11 is 0.967. The van der Waals surface area contributed by atoms with Gasteiger partial charge in [0.1, 0.15) is 11.5 Å². The van der Waals surface area contributed by atoms with Gasteiger partial charge < -0.3 is 20.1 Å². The maximum Gasteiger partial charge on any atom is 0.356 e. The predicted octanol–water partition coefficient (Wildman–Crippen LogP) is 1.08. The quantitative estimate of drug-likeness (QED) is 0.701. The van der Waals surface area contributed by atoms with Crippen molar-refractivity contribution < 1.29 is 29.0 Å². The van der Waals surface area contributed by atoms with Gasteiger partial charge in [0, 0.05) is 20.3 Å². The Kier molecular flexibility index (Phi) is 5.95. The number of anilines is 1. The van der Waals surface area contributed by atoms with E-state index in [0.717, 1.165) is 16.0 Å². The smallest absolute Gasteiger partial charge is 0.356 e. The van der Waals surface area contributed by atoms with Gasteiger partial charge in [-0.05, 0) is 18.6 Å². The third-order valence-electron chi connectivity index (χ3n) is 3.56. The van der Waals surface area contributed by atoms with E-state index in [4.69, 9.17) is 9.84 Å². The number of carboxylic acids is 1. The zero-order valence-electron chi connectivity index (χ0n) is 15.1. The van der Waals surface area contributed by atoms with Crippen molar-refractivity contribution in [1.29, 1.82) is 0 Å². The van der Waals surface area contributed by atoms with Gasteiger partial charge in [0.2, 0.25) is 5.91 Å². The molecule has 2 aromatic rings. The predicted molar refractivity (Wildman–Crippen MR) is 96.2 cm³/mol. The van der Waals surface area contributed by atoms with Crippen LogP contribution in [0.3, 0.4) is 0 Å². The molecule has 11 heteroatoms. The number of carbonyl (C=O) groups excluding carboxylic acids is 3. The number of carbonyl (C=O) groups is 4. The lowest BCUT2D eigenvalue weighted by atomic mass is 10.1. The average molecular weight is 394 g/mol. The number of ether oxygens (including phenoxy) is 1. The minimum Gasteiger partial charge on any atom is -0.476 e. The van der Waals surface area contributed by atoms with Crippen molar-refractivity contribution in [1.82, 2.24) is 14.7 Å².